The Labute approximate surface area is 178 Å². The molecule has 2 aromatic carbocycles. The summed E-state index contributed by atoms with van der Waals surface area (Å²) in [6.07, 6.45) is 1.44. The molecule has 1 fully saturated rings. The molecule has 1 aliphatic rings. The minimum Gasteiger partial charge on any atom is -0.315 e. The standard InChI is InChI=1S/C24H20FN3O3/c1-14-8-4-6-10-20(14)28-23(30)18(22(29)26-24(28)31)13-17-12-15(2)27(16(17)3)21-11-7-5-9-19(21)25/h4-13H,1-3H3,(H,26,29,31)/b18-13-. The molecule has 0 atom stereocenters. The predicted octanol–water partition coefficient (Wildman–Crippen LogP) is 4.21. The zero-order valence-electron chi connectivity index (χ0n) is 17.3. The summed E-state index contributed by atoms with van der Waals surface area (Å²) in [5, 5.41) is 2.23. The summed E-state index contributed by atoms with van der Waals surface area (Å²) in [7, 11) is 0. The van der Waals surface area contributed by atoms with Crippen LogP contribution in [0.25, 0.3) is 11.8 Å². The van der Waals surface area contributed by atoms with Crippen molar-refractivity contribution in [1.29, 1.82) is 0 Å². The van der Waals surface area contributed by atoms with Crippen LogP contribution in [0.3, 0.4) is 0 Å². The number of carbonyl (C=O) groups excluding carboxylic acids is 3. The van der Waals surface area contributed by atoms with Crippen molar-refractivity contribution < 1.29 is 18.8 Å². The molecular formula is C24H20FN3O3. The summed E-state index contributed by atoms with van der Waals surface area (Å²) in [4.78, 5) is 39.0. The van der Waals surface area contributed by atoms with Crippen LogP contribution in [-0.2, 0) is 9.59 Å². The zero-order chi connectivity index (χ0) is 22.3. The Morgan fingerprint density at radius 2 is 1.55 bits per heavy atom. The number of anilines is 1. The fourth-order valence-corrected chi connectivity index (χ4v) is 3.78. The highest BCUT2D eigenvalue weighted by molar-refractivity contribution is 6.39. The Morgan fingerprint density at radius 1 is 0.903 bits per heavy atom. The second-order valence-electron chi connectivity index (χ2n) is 7.36. The van der Waals surface area contributed by atoms with Crippen molar-refractivity contribution in [2.45, 2.75) is 20.8 Å². The van der Waals surface area contributed by atoms with Crippen LogP contribution in [0, 0.1) is 26.6 Å². The lowest BCUT2D eigenvalue weighted by Gasteiger charge is -2.27. The number of aromatic nitrogens is 1. The van der Waals surface area contributed by atoms with Crippen LogP contribution < -0.4 is 10.2 Å². The lowest BCUT2D eigenvalue weighted by molar-refractivity contribution is -0.122. The normalized spacial score (nSPS) is 15.5. The minimum atomic E-state index is -0.793. The summed E-state index contributed by atoms with van der Waals surface area (Å²) >= 11 is 0. The van der Waals surface area contributed by atoms with Gasteiger partial charge in [0.05, 0.1) is 11.4 Å². The molecule has 0 spiro atoms. The van der Waals surface area contributed by atoms with E-state index in [2.05, 4.69) is 5.32 Å². The molecular weight excluding hydrogens is 397 g/mol. The van der Waals surface area contributed by atoms with Crippen LogP contribution in [-0.4, -0.2) is 22.4 Å². The van der Waals surface area contributed by atoms with Crippen molar-refractivity contribution in [2.75, 3.05) is 4.90 Å². The lowest BCUT2D eigenvalue weighted by atomic mass is 10.1. The highest BCUT2D eigenvalue weighted by Crippen LogP contribution is 2.28. The highest BCUT2D eigenvalue weighted by Gasteiger charge is 2.37. The van der Waals surface area contributed by atoms with E-state index in [4.69, 9.17) is 0 Å². The number of urea groups is 1. The molecule has 1 saturated heterocycles. The van der Waals surface area contributed by atoms with Gasteiger partial charge in [-0.15, -0.1) is 0 Å². The van der Waals surface area contributed by atoms with Gasteiger partial charge in [0, 0.05) is 11.4 Å². The fraction of sp³-hybridized carbons (Fsp3) is 0.125. The molecule has 6 nitrogen and oxygen atoms in total. The van der Waals surface area contributed by atoms with Gasteiger partial charge in [0.15, 0.2) is 0 Å². The van der Waals surface area contributed by atoms with Gasteiger partial charge in [-0.25, -0.2) is 14.1 Å². The molecule has 31 heavy (non-hydrogen) atoms. The molecule has 3 aromatic rings. The number of para-hydroxylation sites is 2. The number of halogens is 1. The van der Waals surface area contributed by atoms with Gasteiger partial charge in [-0.05, 0) is 62.2 Å². The van der Waals surface area contributed by atoms with Crippen LogP contribution in [0.4, 0.5) is 14.9 Å². The van der Waals surface area contributed by atoms with E-state index in [1.165, 1.54) is 12.1 Å². The Kier molecular flexibility index (Phi) is 5.02. The van der Waals surface area contributed by atoms with Crippen molar-refractivity contribution in [3.8, 4) is 5.69 Å². The first kappa shape index (κ1) is 20.3. The average molecular weight is 417 g/mol. The lowest BCUT2D eigenvalue weighted by Crippen LogP contribution is -2.54. The first-order valence-electron chi connectivity index (χ1n) is 9.70. The first-order valence-corrected chi connectivity index (χ1v) is 9.70. The Bertz CT molecular complexity index is 1270. The summed E-state index contributed by atoms with van der Waals surface area (Å²) in [6, 6.07) is 14.3. The number of barbiturate groups is 1. The molecule has 1 N–H and O–H groups in total. The van der Waals surface area contributed by atoms with Crippen LogP contribution >= 0.6 is 0 Å². The first-order chi connectivity index (χ1) is 14.8. The maximum absolute atomic E-state index is 14.3. The summed E-state index contributed by atoms with van der Waals surface area (Å²) in [5.41, 5.74) is 3.31. The molecule has 156 valence electrons. The van der Waals surface area contributed by atoms with E-state index in [1.54, 1.807) is 66.9 Å². The number of nitrogens with zero attached hydrogens (tertiary/aromatic N) is 2. The van der Waals surface area contributed by atoms with Crippen molar-refractivity contribution >= 4 is 29.6 Å². The van der Waals surface area contributed by atoms with E-state index >= 15 is 0 Å². The Morgan fingerprint density at radius 3 is 2.23 bits per heavy atom. The van der Waals surface area contributed by atoms with Crippen molar-refractivity contribution in [3.05, 3.63) is 88.5 Å². The number of benzene rings is 2. The van der Waals surface area contributed by atoms with E-state index in [-0.39, 0.29) is 11.4 Å². The maximum Gasteiger partial charge on any atom is 0.335 e. The average Bonchev–Trinajstić information content (AvgIpc) is 3.00. The largest absolute Gasteiger partial charge is 0.335 e. The Balaban J connectivity index is 1.80. The molecule has 1 aromatic heterocycles. The number of carbonyl (C=O) groups is 3. The zero-order valence-corrected chi connectivity index (χ0v) is 17.3. The number of imide groups is 2. The van der Waals surface area contributed by atoms with Gasteiger partial charge in [-0.2, -0.15) is 0 Å². The number of hydrogen-bond donors (Lipinski definition) is 1. The Hall–Kier alpha value is -4.00. The fourth-order valence-electron chi connectivity index (χ4n) is 3.78. The van der Waals surface area contributed by atoms with Gasteiger partial charge in [0.1, 0.15) is 11.4 Å². The number of amides is 4. The minimum absolute atomic E-state index is 0.170. The summed E-state index contributed by atoms with van der Waals surface area (Å²) < 4.78 is 16.1. The molecule has 0 aliphatic carbocycles. The molecule has 4 rings (SSSR count). The molecule has 0 radical (unpaired) electrons. The third-order valence-corrected chi connectivity index (χ3v) is 5.32. The molecule has 1 aliphatic heterocycles. The smallest absolute Gasteiger partial charge is 0.315 e. The van der Waals surface area contributed by atoms with Crippen molar-refractivity contribution in [2.24, 2.45) is 0 Å². The number of hydrogen-bond acceptors (Lipinski definition) is 3. The van der Waals surface area contributed by atoms with Gasteiger partial charge in [0.25, 0.3) is 11.8 Å². The van der Waals surface area contributed by atoms with E-state index in [0.717, 1.165) is 16.2 Å². The SMILES string of the molecule is Cc1ccccc1N1C(=O)NC(=O)/C(=C/c2cc(C)n(-c3ccccc3F)c2C)C1=O. The van der Waals surface area contributed by atoms with E-state index in [9.17, 15) is 18.8 Å². The quantitative estimate of drug-likeness (QED) is 0.513. The molecule has 4 amide bonds. The van der Waals surface area contributed by atoms with Crippen molar-refractivity contribution in [1.82, 2.24) is 9.88 Å². The monoisotopic (exact) mass is 417 g/mol. The van der Waals surface area contributed by atoms with Crippen LogP contribution in [0.15, 0.2) is 60.2 Å². The molecule has 2 heterocycles. The van der Waals surface area contributed by atoms with Crippen LogP contribution in [0.1, 0.15) is 22.5 Å². The van der Waals surface area contributed by atoms with Gasteiger partial charge < -0.3 is 4.57 Å². The number of aryl methyl sites for hydroxylation is 2. The van der Waals surface area contributed by atoms with E-state index in [0.29, 0.717) is 22.6 Å². The number of rotatable bonds is 3. The topological polar surface area (TPSA) is 71.4 Å². The molecule has 7 heteroatoms. The van der Waals surface area contributed by atoms with Gasteiger partial charge >= 0.3 is 6.03 Å². The van der Waals surface area contributed by atoms with Gasteiger partial charge in [0.2, 0.25) is 0 Å². The number of nitrogens with one attached hydrogen (secondary N) is 1. The summed E-state index contributed by atoms with van der Waals surface area (Å²) in [6.45, 7) is 5.37. The highest BCUT2D eigenvalue weighted by atomic mass is 19.1. The van der Waals surface area contributed by atoms with Crippen LogP contribution in [0.5, 0.6) is 0 Å². The molecule has 0 unspecified atom stereocenters. The van der Waals surface area contributed by atoms with Gasteiger partial charge in [-0.3, -0.25) is 14.9 Å². The second kappa shape index (κ2) is 7.68. The van der Waals surface area contributed by atoms with E-state index in [1.807, 2.05) is 6.92 Å². The van der Waals surface area contributed by atoms with Crippen LogP contribution in [0.2, 0.25) is 0 Å². The maximum atomic E-state index is 14.3. The van der Waals surface area contributed by atoms with Crippen molar-refractivity contribution in [3.63, 3.8) is 0 Å². The second-order valence-corrected chi connectivity index (χ2v) is 7.36. The molecule has 0 saturated carbocycles. The third kappa shape index (κ3) is 3.44. The third-order valence-electron chi connectivity index (χ3n) is 5.32. The van der Waals surface area contributed by atoms with E-state index < -0.39 is 17.8 Å². The van der Waals surface area contributed by atoms with Gasteiger partial charge in [-0.1, -0.05) is 30.3 Å². The predicted molar refractivity (Wildman–Crippen MR) is 115 cm³/mol. The molecule has 0 bridgehead atoms. The summed E-state index contributed by atoms with van der Waals surface area (Å²) in [5.74, 6) is -1.86.